The van der Waals surface area contributed by atoms with Gasteiger partial charge in [-0.1, -0.05) is 20.8 Å². The van der Waals surface area contributed by atoms with Crippen molar-refractivity contribution in [3.63, 3.8) is 0 Å². The number of hydrogen-bond acceptors (Lipinski definition) is 4. The van der Waals surface area contributed by atoms with Gasteiger partial charge in [0.1, 0.15) is 0 Å². The molecule has 6 heteroatoms. The summed E-state index contributed by atoms with van der Waals surface area (Å²) in [7, 11) is 0. The van der Waals surface area contributed by atoms with E-state index in [1.165, 1.54) is 0 Å². The van der Waals surface area contributed by atoms with Crippen LogP contribution in [0.15, 0.2) is 4.79 Å². The zero-order valence-corrected chi connectivity index (χ0v) is 13.4. The first-order valence-electron chi connectivity index (χ1n) is 7.09. The molecule has 1 atom stereocenters. The molecule has 6 nitrogen and oxygen atoms in total. The Labute approximate surface area is 125 Å². The molecule has 0 aliphatic carbocycles. The number of nitrogens with zero attached hydrogens (tertiary/aromatic N) is 1. The third-order valence-electron chi connectivity index (χ3n) is 3.17. The second kappa shape index (κ2) is 6.85. The Kier molecular flexibility index (Phi) is 5.66. The Morgan fingerprint density at radius 3 is 2.52 bits per heavy atom. The summed E-state index contributed by atoms with van der Waals surface area (Å²) in [5.41, 5.74) is 1.53. The van der Waals surface area contributed by atoms with E-state index in [4.69, 9.17) is 0 Å². The molecule has 1 heterocycles. The van der Waals surface area contributed by atoms with Crippen LogP contribution in [0.5, 0.6) is 0 Å². The molecule has 1 aromatic rings. The molecule has 21 heavy (non-hydrogen) atoms. The smallest absolute Gasteiger partial charge is 0.345 e. The van der Waals surface area contributed by atoms with Gasteiger partial charge in [-0.25, -0.2) is 4.79 Å². The summed E-state index contributed by atoms with van der Waals surface area (Å²) < 4.78 is 0. The summed E-state index contributed by atoms with van der Waals surface area (Å²) in [4.78, 5) is 29.5. The summed E-state index contributed by atoms with van der Waals surface area (Å²) in [5.74, 6) is -0.192. The minimum atomic E-state index is -0.565. The lowest BCUT2D eigenvalue weighted by molar-refractivity contribution is -0.121. The van der Waals surface area contributed by atoms with Gasteiger partial charge in [-0.3, -0.25) is 4.79 Å². The number of aryl methyl sites for hydroxylation is 2. The number of rotatable bonds is 5. The first-order valence-corrected chi connectivity index (χ1v) is 7.09. The molecule has 0 aliphatic heterocycles. The van der Waals surface area contributed by atoms with Crippen LogP contribution in [-0.2, 0) is 11.2 Å². The fraction of sp³-hybridized carbons (Fsp3) is 0.667. The van der Waals surface area contributed by atoms with Crippen LogP contribution in [0.4, 0.5) is 0 Å². The topological polar surface area (TPSA) is 95.1 Å². The van der Waals surface area contributed by atoms with Gasteiger partial charge in [0, 0.05) is 23.5 Å². The summed E-state index contributed by atoms with van der Waals surface area (Å²) in [6, 6.07) is 0. The molecule has 1 amide bonds. The first kappa shape index (κ1) is 17.4. The molecule has 1 aromatic heterocycles. The molecule has 118 valence electrons. The molecule has 0 fully saturated rings. The largest absolute Gasteiger partial charge is 0.391 e. The molecule has 0 bridgehead atoms. The van der Waals surface area contributed by atoms with Crippen molar-refractivity contribution in [1.29, 1.82) is 0 Å². The maximum absolute atomic E-state index is 11.9. The normalized spacial score (nSPS) is 13.0. The van der Waals surface area contributed by atoms with Gasteiger partial charge < -0.3 is 15.4 Å². The van der Waals surface area contributed by atoms with Crippen molar-refractivity contribution in [1.82, 2.24) is 15.3 Å². The van der Waals surface area contributed by atoms with Crippen molar-refractivity contribution in [2.45, 2.75) is 53.6 Å². The van der Waals surface area contributed by atoms with Crippen LogP contribution in [0, 0.1) is 19.3 Å². The predicted octanol–water partition coefficient (Wildman–Crippen LogP) is 0.843. The van der Waals surface area contributed by atoms with Crippen LogP contribution < -0.4 is 11.0 Å². The standard InChI is InChI=1S/C15H25N3O3/c1-9-12(10(2)18-14(21)17-9)6-13(20)16-8-11(19)7-15(3,4)5/h11,19H,6-8H2,1-5H3,(H,16,20)(H,17,18,21). The van der Waals surface area contributed by atoms with Gasteiger partial charge in [-0.15, -0.1) is 0 Å². The van der Waals surface area contributed by atoms with Gasteiger partial charge in [0.15, 0.2) is 0 Å². The Bertz CT molecular complexity index is 532. The van der Waals surface area contributed by atoms with Crippen LogP contribution in [0.25, 0.3) is 0 Å². The summed E-state index contributed by atoms with van der Waals surface area (Å²) in [6.45, 7) is 9.79. The SMILES string of the molecule is Cc1nc(=O)[nH]c(C)c1CC(=O)NCC(O)CC(C)(C)C. The van der Waals surface area contributed by atoms with Crippen molar-refractivity contribution in [2.24, 2.45) is 5.41 Å². The molecule has 0 saturated carbocycles. The van der Waals surface area contributed by atoms with Gasteiger partial charge in [-0.05, 0) is 25.7 Å². The van der Waals surface area contributed by atoms with E-state index in [1.807, 2.05) is 20.8 Å². The van der Waals surface area contributed by atoms with Crippen molar-refractivity contribution < 1.29 is 9.90 Å². The number of amides is 1. The van der Waals surface area contributed by atoms with Crippen LogP contribution in [-0.4, -0.2) is 33.6 Å². The van der Waals surface area contributed by atoms with Crippen LogP contribution in [0.1, 0.15) is 44.1 Å². The van der Waals surface area contributed by atoms with Crippen molar-refractivity contribution >= 4 is 5.91 Å². The Balaban J connectivity index is 2.57. The summed E-state index contributed by atoms with van der Waals surface area (Å²) >= 11 is 0. The molecule has 0 saturated heterocycles. The van der Waals surface area contributed by atoms with Gasteiger partial charge in [0.2, 0.25) is 5.91 Å². The summed E-state index contributed by atoms with van der Waals surface area (Å²) in [5, 5.41) is 12.6. The number of H-pyrrole nitrogens is 1. The number of aromatic nitrogens is 2. The van der Waals surface area contributed by atoms with Crippen LogP contribution >= 0.6 is 0 Å². The van der Waals surface area contributed by atoms with Crippen molar-refractivity contribution in [3.05, 3.63) is 27.4 Å². The lowest BCUT2D eigenvalue weighted by Gasteiger charge is -2.22. The quantitative estimate of drug-likeness (QED) is 0.750. The minimum absolute atomic E-state index is 0.0140. The fourth-order valence-corrected chi connectivity index (χ4v) is 2.25. The zero-order chi connectivity index (χ0) is 16.2. The highest BCUT2D eigenvalue weighted by Crippen LogP contribution is 2.20. The van der Waals surface area contributed by atoms with E-state index >= 15 is 0 Å². The molecule has 0 aliphatic rings. The number of aliphatic hydroxyl groups is 1. The lowest BCUT2D eigenvalue weighted by atomic mass is 9.89. The zero-order valence-electron chi connectivity index (χ0n) is 13.4. The van der Waals surface area contributed by atoms with E-state index < -0.39 is 11.8 Å². The number of aromatic amines is 1. The van der Waals surface area contributed by atoms with Crippen molar-refractivity contribution in [2.75, 3.05) is 6.54 Å². The monoisotopic (exact) mass is 295 g/mol. The molecule has 0 aromatic carbocycles. The number of nitrogens with one attached hydrogen (secondary N) is 2. The van der Waals surface area contributed by atoms with E-state index in [-0.39, 0.29) is 24.3 Å². The maximum Gasteiger partial charge on any atom is 0.345 e. The highest BCUT2D eigenvalue weighted by Gasteiger charge is 2.18. The maximum atomic E-state index is 11.9. The molecule has 0 radical (unpaired) electrons. The first-order chi connectivity index (χ1) is 9.58. The fourth-order valence-electron chi connectivity index (χ4n) is 2.25. The highest BCUT2D eigenvalue weighted by atomic mass is 16.3. The predicted molar refractivity (Wildman–Crippen MR) is 81.1 cm³/mol. The number of aliphatic hydroxyl groups excluding tert-OH is 1. The third kappa shape index (κ3) is 6.08. The minimum Gasteiger partial charge on any atom is -0.391 e. The van der Waals surface area contributed by atoms with Gasteiger partial charge >= 0.3 is 5.69 Å². The third-order valence-corrected chi connectivity index (χ3v) is 3.17. The van der Waals surface area contributed by atoms with E-state index in [0.29, 0.717) is 17.8 Å². The van der Waals surface area contributed by atoms with E-state index in [9.17, 15) is 14.7 Å². The van der Waals surface area contributed by atoms with Gasteiger partial charge in [0.05, 0.1) is 12.5 Å². The Hall–Kier alpha value is -1.69. The van der Waals surface area contributed by atoms with E-state index in [0.717, 1.165) is 5.56 Å². The van der Waals surface area contributed by atoms with Gasteiger partial charge in [-0.2, -0.15) is 4.98 Å². The average Bonchev–Trinajstić information content (AvgIpc) is 2.29. The molecule has 3 N–H and O–H groups in total. The molecule has 1 rings (SSSR count). The lowest BCUT2D eigenvalue weighted by Crippen LogP contribution is -2.35. The van der Waals surface area contributed by atoms with E-state index in [1.54, 1.807) is 13.8 Å². The Morgan fingerprint density at radius 2 is 2.00 bits per heavy atom. The molecule has 1 unspecified atom stereocenters. The summed E-state index contributed by atoms with van der Waals surface area (Å²) in [6.07, 6.45) is 0.194. The number of carbonyl (C=O) groups is 1. The average molecular weight is 295 g/mol. The molecular weight excluding hydrogens is 270 g/mol. The van der Waals surface area contributed by atoms with E-state index in [2.05, 4.69) is 15.3 Å². The van der Waals surface area contributed by atoms with Crippen molar-refractivity contribution in [3.8, 4) is 0 Å². The Morgan fingerprint density at radius 1 is 1.38 bits per heavy atom. The second-order valence-electron chi connectivity index (χ2n) is 6.63. The number of hydrogen-bond donors (Lipinski definition) is 3. The second-order valence-corrected chi connectivity index (χ2v) is 6.63. The van der Waals surface area contributed by atoms with Gasteiger partial charge in [0.25, 0.3) is 0 Å². The van der Waals surface area contributed by atoms with Crippen LogP contribution in [0.3, 0.4) is 0 Å². The molecular formula is C15H25N3O3. The highest BCUT2D eigenvalue weighted by molar-refractivity contribution is 5.79. The van der Waals surface area contributed by atoms with Crippen LogP contribution in [0.2, 0.25) is 0 Å². The molecule has 0 spiro atoms. The number of carbonyl (C=O) groups excluding carboxylic acids is 1.